The lowest BCUT2D eigenvalue weighted by molar-refractivity contribution is 0.0984. The predicted molar refractivity (Wildman–Crippen MR) is 121 cm³/mol. The van der Waals surface area contributed by atoms with Crippen LogP contribution in [0.1, 0.15) is 34.3 Å². The van der Waals surface area contributed by atoms with Crippen molar-refractivity contribution in [3.63, 3.8) is 0 Å². The Morgan fingerprint density at radius 3 is 2.00 bits per heavy atom. The molecule has 5 heteroatoms. The van der Waals surface area contributed by atoms with Crippen molar-refractivity contribution in [3.8, 4) is 0 Å². The van der Waals surface area contributed by atoms with Gasteiger partial charge in [0, 0.05) is 23.1 Å². The smallest absolute Gasteiger partial charge is 0.306 e. The summed E-state index contributed by atoms with van der Waals surface area (Å²) in [6.07, 6.45) is 2.62. The van der Waals surface area contributed by atoms with Crippen LogP contribution in [0, 0.1) is 0 Å². The highest BCUT2D eigenvalue weighted by atomic mass is 16.2. The van der Waals surface area contributed by atoms with E-state index >= 15 is 0 Å². The summed E-state index contributed by atoms with van der Waals surface area (Å²) in [5.41, 5.74) is 5.85. The second-order valence-corrected chi connectivity index (χ2v) is 6.55. The zero-order valence-corrected chi connectivity index (χ0v) is 16.5. The largest absolute Gasteiger partial charge is 0.339 e. The highest BCUT2D eigenvalue weighted by Gasteiger charge is 2.13. The summed E-state index contributed by atoms with van der Waals surface area (Å²) in [5, 5.41) is 7.06. The van der Waals surface area contributed by atoms with E-state index < -0.39 is 6.03 Å². The minimum absolute atomic E-state index is 0.0523. The fraction of sp³-hybridized carbons (Fsp3) is 0.0800. The van der Waals surface area contributed by atoms with E-state index in [9.17, 15) is 9.59 Å². The third-order valence-corrected chi connectivity index (χ3v) is 4.41. The minimum atomic E-state index is -0.525. The zero-order chi connectivity index (χ0) is 21.2. The third-order valence-electron chi connectivity index (χ3n) is 4.41. The molecule has 3 aromatic rings. The molecule has 2 N–H and O–H groups in total. The van der Waals surface area contributed by atoms with Crippen LogP contribution < -0.4 is 10.7 Å². The molecule has 0 aliphatic rings. The van der Waals surface area contributed by atoms with E-state index in [1.165, 1.54) is 0 Å². The van der Waals surface area contributed by atoms with E-state index in [4.69, 9.17) is 0 Å². The van der Waals surface area contributed by atoms with Crippen LogP contribution in [0.3, 0.4) is 0 Å². The Balaban J connectivity index is 1.79. The number of nitrogens with one attached hydrogen (secondary N) is 2. The summed E-state index contributed by atoms with van der Waals surface area (Å²) in [5.74, 6) is -0.0523. The number of ketones is 1. The number of amides is 2. The normalized spacial score (nSPS) is 10.0. The Labute approximate surface area is 176 Å². The summed E-state index contributed by atoms with van der Waals surface area (Å²) in [6, 6.07) is 25.6. The van der Waals surface area contributed by atoms with Crippen molar-refractivity contribution in [1.82, 2.24) is 5.43 Å². The summed E-state index contributed by atoms with van der Waals surface area (Å²) in [7, 11) is 0. The van der Waals surface area contributed by atoms with E-state index in [-0.39, 0.29) is 5.78 Å². The van der Waals surface area contributed by atoms with E-state index in [0.29, 0.717) is 29.8 Å². The molecule has 0 radical (unpaired) electrons. The van der Waals surface area contributed by atoms with Crippen molar-refractivity contribution in [1.29, 1.82) is 0 Å². The number of allylic oxidation sites excluding steroid dienone is 1. The zero-order valence-electron chi connectivity index (χ0n) is 16.5. The first kappa shape index (κ1) is 20.7. The first-order chi connectivity index (χ1) is 14.7. The molecule has 0 saturated heterocycles. The van der Waals surface area contributed by atoms with Gasteiger partial charge in [0.15, 0.2) is 5.78 Å². The first-order valence-corrected chi connectivity index (χ1v) is 9.67. The standard InChI is InChI=1S/C25H23N3O2/c1-2-3-18-23(29)21-16-10-11-17-22(21)26-25(30)28-27-24(19-12-6-4-7-13-19)20-14-8-5-9-15-20/h2,4-17H,1,3,18H2,(H2,26,28,30). The van der Waals surface area contributed by atoms with Gasteiger partial charge in [-0.2, -0.15) is 5.10 Å². The third kappa shape index (κ3) is 5.52. The Kier molecular flexibility index (Phi) is 7.28. The van der Waals surface area contributed by atoms with Crippen molar-refractivity contribution >= 4 is 23.2 Å². The van der Waals surface area contributed by atoms with Crippen LogP contribution in [0.4, 0.5) is 10.5 Å². The molecule has 0 aliphatic heterocycles. The van der Waals surface area contributed by atoms with Gasteiger partial charge >= 0.3 is 6.03 Å². The summed E-state index contributed by atoms with van der Waals surface area (Å²) >= 11 is 0. The van der Waals surface area contributed by atoms with Crippen LogP contribution >= 0.6 is 0 Å². The number of nitrogens with zero attached hydrogens (tertiary/aromatic N) is 1. The maximum Gasteiger partial charge on any atom is 0.339 e. The van der Waals surface area contributed by atoms with Gasteiger partial charge in [0.2, 0.25) is 0 Å². The molecule has 0 unspecified atom stereocenters. The molecule has 3 rings (SSSR count). The molecule has 0 fully saturated rings. The molecule has 0 spiro atoms. The van der Waals surface area contributed by atoms with E-state index in [1.807, 2.05) is 60.7 Å². The maximum absolute atomic E-state index is 12.5. The lowest BCUT2D eigenvalue weighted by Gasteiger charge is -2.11. The summed E-state index contributed by atoms with van der Waals surface area (Å²) in [4.78, 5) is 24.9. The van der Waals surface area contributed by atoms with Crippen molar-refractivity contribution in [2.75, 3.05) is 5.32 Å². The van der Waals surface area contributed by atoms with Gasteiger partial charge in [-0.05, 0) is 18.6 Å². The molecule has 0 heterocycles. The van der Waals surface area contributed by atoms with Gasteiger partial charge in [-0.1, -0.05) is 78.9 Å². The van der Waals surface area contributed by atoms with Crippen LogP contribution in [0.2, 0.25) is 0 Å². The van der Waals surface area contributed by atoms with Gasteiger partial charge in [-0.3, -0.25) is 4.79 Å². The number of para-hydroxylation sites is 1. The number of benzene rings is 3. The summed E-state index contributed by atoms with van der Waals surface area (Å²) < 4.78 is 0. The average Bonchev–Trinajstić information content (AvgIpc) is 2.79. The average molecular weight is 397 g/mol. The second-order valence-electron chi connectivity index (χ2n) is 6.55. The topological polar surface area (TPSA) is 70.6 Å². The van der Waals surface area contributed by atoms with Crippen molar-refractivity contribution in [3.05, 3.63) is 114 Å². The van der Waals surface area contributed by atoms with Gasteiger partial charge in [0.1, 0.15) is 0 Å². The molecule has 0 aliphatic carbocycles. The monoisotopic (exact) mass is 397 g/mol. The SMILES string of the molecule is C=CCCC(=O)c1ccccc1NC(=O)NN=C(c1ccccc1)c1ccccc1. The van der Waals surface area contributed by atoms with E-state index in [0.717, 1.165) is 11.1 Å². The number of carbonyl (C=O) groups excluding carboxylic acids is 2. The molecule has 0 saturated carbocycles. The van der Waals surface area contributed by atoms with Gasteiger partial charge in [-0.15, -0.1) is 6.58 Å². The van der Waals surface area contributed by atoms with E-state index in [2.05, 4.69) is 22.4 Å². The fourth-order valence-corrected chi connectivity index (χ4v) is 2.95. The maximum atomic E-state index is 12.5. The molecule has 3 aromatic carbocycles. The number of hydrogen-bond donors (Lipinski definition) is 2. The van der Waals surface area contributed by atoms with Crippen molar-refractivity contribution in [2.45, 2.75) is 12.8 Å². The molecule has 0 aromatic heterocycles. The van der Waals surface area contributed by atoms with Crippen LogP contribution in [-0.4, -0.2) is 17.5 Å². The fourth-order valence-electron chi connectivity index (χ4n) is 2.95. The summed E-state index contributed by atoms with van der Waals surface area (Å²) in [6.45, 7) is 3.64. The van der Waals surface area contributed by atoms with Gasteiger partial charge < -0.3 is 5.32 Å². The number of Topliss-reactive ketones (excluding diaryl/α,β-unsaturated/α-hetero) is 1. The number of hydrazone groups is 1. The predicted octanol–water partition coefficient (Wildman–Crippen LogP) is 5.41. The van der Waals surface area contributed by atoms with Gasteiger partial charge in [0.25, 0.3) is 0 Å². The Bertz CT molecular complexity index is 1000. The molecule has 0 bridgehead atoms. The first-order valence-electron chi connectivity index (χ1n) is 9.67. The van der Waals surface area contributed by atoms with Crippen molar-refractivity contribution < 1.29 is 9.59 Å². The van der Waals surface area contributed by atoms with E-state index in [1.54, 1.807) is 30.3 Å². The molecule has 0 atom stereocenters. The van der Waals surface area contributed by atoms with Crippen LogP contribution in [-0.2, 0) is 0 Å². The van der Waals surface area contributed by atoms with Crippen LogP contribution in [0.25, 0.3) is 0 Å². The van der Waals surface area contributed by atoms with Crippen molar-refractivity contribution in [2.24, 2.45) is 5.10 Å². The molecule has 30 heavy (non-hydrogen) atoms. The lowest BCUT2D eigenvalue weighted by Crippen LogP contribution is -2.26. The second kappa shape index (κ2) is 10.5. The lowest BCUT2D eigenvalue weighted by atomic mass is 10.0. The quantitative estimate of drug-likeness (QED) is 0.231. The highest BCUT2D eigenvalue weighted by Crippen LogP contribution is 2.18. The number of rotatable bonds is 8. The molecule has 150 valence electrons. The number of hydrogen-bond acceptors (Lipinski definition) is 3. The Morgan fingerprint density at radius 1 is 0.833 bits per heavy atom. The number of anilines is 1. The minimum Gasteiger partial charge on any atom is -0.306 e. The van der Waals surface area contributed by atoms with Crippen LogP contribution in [0.15, 0.2) is 103 Å². The molecule has 2 amide bonds. The molecule has 5 nitrogen and oxygen atoms in total. The van der Waals surface area contributed by atoms with Gasteiger partial charge in [0.05, 0.1) is 11.4 Å². The molecular weight excluding hydrogens is 374 g/mol. The molecular formula is C25H23N3O2. The Morgan fingerprint density at radius 2 is 1.40 bits per heavy atom. The van der Waals surface area contributed by atoms with Gasteiger partial charge in [-0.25, -0.2) is 10.2 Å². The Hall–Kier alpha value is -3.99. The number of urea groups is 1. The highest BCUT2D eigenvalue weighted by molar-refractivity contribution is 6.13. The van der Waals surface area contributed by atoms with Crippen LogP contribution in [0.5, 0.6) is 0 Å². The number of carbonyl (C=O) groups is 2.